The Morgan fingerprint density at radius 3 is 2.28 bits per heavy atom. The van der Waals surface area contributed by atoms with E-state index >= 15 is 0 Å². The number of nitrogens with one attached hydrogen (secondary N) is 1. The van der Waals surface area contributed by atoms with Crippen LogP contribution in [0.2, 0.25) is 0 Å². The summed E-state index contributed by atoms with van der Waals surface area (Å²) in [4.78, 5) is 11.6. The van der Waals surface area contributed by atoms with Crippen molar-refractivity contribution in [1.29, 1.82) is 0 Å². The first-order chi connectivity index (χ1) is 23.5. The number of hydrogen-bond acceptors (Lipinski definition) is 4. The van der Waals surface area contributed by atoms with E-state index in [-0.39, 0.29) is 33.8 Å². The van der Waals surface area contributed by atoms with E-state index in [0.717, 1.165) is 37.3 Å². The lowest BCUT2D eigenvalue weighted by Crippen LogP contribution is -2.68. The third-order valence-corrected chi connectivity index (χ3v) is 19.3. The molecule has 1 aromatic rings. The van der Waals surface area contributed by atoms with Crippen molar-refractivity contribution in [2.45, 2.75) is 124 Å². The van der Waals surface area contributed by atoms with Crippen LogP contribution in [0.15, 0.2) is 30.3 Å². The summed E-state index contributed by atoms with van der Waals surface area (Å²) in [7, 11) is -1.84. The number of rotatable bonds is 8. The van der Waals surface area contributed by atoms with Gasteiger partial charge in [-0.15, -0.1) is 0 Å². The maximum Gasteiger partial charge on any atom is 0.335 e. The molecule has 6 aliphatic rings. The topological polar surface area (TPSA) is 86.6 Å². The average Bonchev–Trinajstić information content (AvgIpc) is 3.45. The maximum absolute atomic E-state index is 12.5. The molecule has 278 valence electrons. The zero-order chi connectivity index (χ0) is 35.9. The first-order valence-corrected chi connectivity index (χ1v) is 22.3. The Labute approximate surface area is 303 Å². The number of carboxylic acid groups (broad SMARTS) is 1. The summed E-state index contributed by atoms with van der Waals surface area (Å²) >= 11 is 0. The number of aliphatic hydroxyl groups excluding tert-OH is 1. The molecule has 1 heterocycles. The van der Waals surface area contributed by atoms with E-state index in [1.165, 1.54) is 68.9 Å². The van der Waals surface area contributed by atoms with Gasteiger partial charge in [0.05, 0.1) is 5.56 Å². The average molecular weight is 706 g/mol. The van der Waals surface area contributed by atoms with Gasteiger partial charge in [-0.1, -0.05) is 59.8 Å². The van der Waals surface area contributed by atoms with Crippen molar-refractivity contribution in [3.8, 4) is 0 Å². The van der Waals surface area contributed by atoms with Gasteiger partial charge in [-0.25, -0.2) is 4.79 Å². The minimum Gasteiger partial charge on any atom is -0.478 e. The number of allylic oxidation sites excluding steroid dienone is 2. The van der Waals surface area contributed by atoms with Crippen LogP contribution in [0.3, 0.4) is 0 Å². The highest BCUT2D eigenvalue weighted by Gasteiger charge is 2.70. The number of carbonyl (C=O) groups is 1. The molecule has 1 aliphatic heterocycles. The molecule has 5 nitrogen and oxygen atoms in total. The molecule has 3 N–H and O–H groups in total. The minimum atomic E-state index is -1.84. The molecular formula is C44H67NO4S. The van der Waals surface area contributed by atoms with E-state index in [1.807, 2.05) is 12.1 Å². The van der Waals surface area contributed by atoms with Crippen molar-refractivity contribution in [2.75, 3.05) is 24.7 Å². The smallest absolute Gasteiger partial charge is 0.335 e. The van der Waals surface area contributed by atoms with E-state index in [0.29, 0.717) is 47.0 Å². The van der Waals surface area contributed by atoms with Crippen molar-refractivity contribution in [3.05, 3.63) is 41.5 Å². The number of hydrogen-bond donors (Lipinski definition) is 3. The minimum absolute atomic E-state index is 0.0119. The summed E-state index contributed by atoms with van der Waals surface area (Å²) in [6.07, 6.45) is 17.1. The molecule has 5 fully saturated rings. The summed E-state index contributed by atoms with van der Waals surface area (Å²) in [6.45, 7) is 16.7. The van der Waals surface area contributed by atoms with Gasteiger partial charge in [-0.3, -0.25) is 4.21 Å². The molecule has 0 spiro atoms. The van der Waals surface area contributed by atoms with Gasteiger partial charge in [-0.2, -0.15) is 0 Å². The lowest BCUT2D eigenvalue weighted by Gasteiger charge is -2.72. The quantitative estimate of drug-likeness (QED) is 0.235. The second-order valence-corrected chi connectivity index (χ2v) is 22.4. The molecule has 0 radical (unpaired) electrons. The van der Waals surface area contributed by atoms with Crippen LogP contribution in [0.5, 0.6) is 0 Å². The Balaban J connectivity index is 1.15. The lowest BCUT2D eigenvalue weighted by atomic mass is 9.33. The van der Waals surface area contributed by atoms with Crippen LogP contribution in [0, 0.1) is 63.1 Å². The zero-order valence-corrected chi connectivity index (χ0v) is 32.9. The number of aliphatic hydroxyl groups is 1. The summed E-state index contributed by atoms with van der Waals surface area (Å²) in [5, 5.41) is 24.3. The number of benzene rings is 1. The maximum atomic E-state index is 12.5. The molecular weight excluding hydrogens is 639 g/mol. The summed E-state index contributed by atoms with van der Waals surface area (Å²) in [5.74, 6) is 8.85. The summed E-state index contributed by atoms with van der Waals surface area (Å²) in [6, 6.07) is 7.60. The molecule has 10 atom stereocenters. The Hall–Kier alpha value is -1.63. The van der Waals surface area contributed by atoms with Crippen LogP contribution < -0.4 is 5.32 Å². The molecule has 1 saturated heterocycles. The molecule has 4 saturated carbocycles. The van der Waals surface area contributed by atoms with Gasteiger partial charge in [0.1, 0.15) is 0 Å². The third kappa shape index (κ3) is 5.62. The van der Waals surface area contributed by atoms with Crippen molar-refractivity contribution in [3.63, 3.8) is 0 Å². The highest BCUT2D eigenvalue weighted by molar-refractivity contribution is 8.00. The van der Waals surface area contributed by atoms with E-state index in [1.54, 1.807) is 12.1 Å². The normalized spacial score (nSPS) is 45.7. The Morgan fingerprint density at radius 1 is 0.920 bits per heavy atom. The number of fused-ring (bicyclic) bond motifs is 7. The molecule has 5 aliphatic carbocycles. The fraction of sp³-hybridized carbons (Fsp3) is 0.773. The fourth-order valence-electron chi connectivity index (χ4n) is 14.4. The molecule has 1 unspecified atom stereocenters. The van der Waals surface area contributed by atoms with Gasteiger partial charge < -0.3 is 15.5 Å². The van der Waals surface area contributed by atoms with Crippen molar-refractivity contribution >= 4 is 26.9 Å². The number of aromatic carboxylic acids is 1. The van der Waals surface area contributed by atoms with Crippen LogP contribution in [0.4, 0.5) is 0 Å². The van der Waals surface area contributed by atoms with E-state index in [2.05, 4.69) is 58.8 Å². The monoisotopic (exact) mass is 705 g/mol. The standard InChI is InChI=1S/C44H67NO4S/c1-29(28-46)33-14-22-44(45-25-17-30-18-26-50(7,49)27-19-30)24-23-42(5)35(38(33)44)12-13-37-41(4)20-15-34(31-8-10-32(11-9-31)39(47)48)40(2,3)36(41)16-21-43(37,42)6/h8-11,15,29-30,33,35-38,45-46H,7,12-14,16-28H2,1-6H3,(H,47,48)/t29?,30?,33-,35+,36-,37+,38+,41-,42+,43+,44-,50?/m0/s1. The lowest BCUT2D eigenvalue weighted by molar-refractivity contribution is -0.221. The first-order valence-electron chi connectivity index (χ1n) is 20.2. The van der Waals surface area contributed by atoms with Gasteiger partial charge in [-0.05, 0) is 185 Å². The van der Waals surface area contributed by atoms with Gasteiger partial charge in [0.2, 0.25) is 0 Å². The van der Waals surface area contributed by atoms with Crippen LogP contribution in [-0.2, 0) is 9.52 Å². The second-order valence-electron chi connectivity index (χ2n) is 19.7. The van der Waals surface area contributed by atoms with E-state index < -0.39 is 15.5 Å². The van der Waals surface area contributed by atoms with E-state index in [9.17, 15) is 19.2 Å². The Morgan fingerprint density at radius 2 is 1.62 bits per heavy atom. The van der Waals surface area contributed by atoms with E-state index in [4.69, 9.17) is 0 Å². The predicted molar refractivity (Wildman–Crippen MR) is 208 cm³/mol. The molecule has 0 amide bonds. The highest BCUT2D eigenvalue weighted by atomic mass is 32.2. The fourth-order valence-corrected chi connectivity index (χ4v) is 16.2. The van der Waals surface area contributed by atoms with Crippen LogP contribution >= 0.6 is 0 Å². The molecule has 50 heavy (non-hydrogen) atoms. The molecule has 1 aromatic carbocycles. The number of carboxylic acids is 1. The van der Waals surface area contributed by atoms with Crippen molar-refractivity contribution in [1.82, 2.24) is 5.32 Å². The predicted octanol–water partition coefficient (Wildman–Crippen LogP) is 8.95. The molecule has 0 bridgehead atoms. The second kappa shape index (κ2) is 12.8. The third-order valence-electron chi connectivity index (χ3n) is 17.3. The van der Waals surface area contributed by atoms with Crippen LogP contribution in [0.25, 0.3) is 5.57 Å². The molecule has 7 rings (SSSR count). The van der Waals surface area contributed by atoms with Gasteiger partial charge in [0.15, 0.2) is 0 Å². The Bertz CT molecular complexity index is 1580. The summed E-state index contributed by atoms with van der Waals surface area (Å²) in [5.41, 5.74) is 3.90. The highest BCUT2D eigenvalue weighted by Crippen LogP contribution is 2.76. The van der Waals surface area contributed by atoms with Crippen molar-refractivity contribution in [2.24, 2.45) is 63.1 Å². The van der Waals surface area contributed by atoms with Gasteiger partial charge in [0.25, 0.3) is 0 Å². The van der Waals surface area contributed by atoms with Gasteiger partial charge in [0, 0.05) is 23.7 Å². The largest absolute Gasteiger partial charge is 0.478 e. The van der Waals surface area contributed by atoms with Crippen LogP contribution in [-0.4, -0.2) is 56.5 Å². The molecule has 0 aromatic heterocycles. The summed E-state index contributed by atoms with van der Waals surface area (Å²) < 4.78 is 12.5. The zero-order valence-electron chi connectivity index (χ0n) is 32.1. The van der Waals surface area contributed by atoms with Crippen molar-refractivity contribution < 1.29 is 19.2 Å². The first kappa shape index (κ1) is 36.7. The Kier molecular flexibility index (Phi) is 9.36. The SMILES string of the molecule is C=S1(=O)CCC(CCN[C@]23CC[C@@H](C(C)CO)[C@@H]2[C@H]2CC[C@@H]4[C@@]5(C)CC=C(c6ccc(C(=O)O)cc6)C(C)(C)[C@@H]5CC[C@@]4(C)[C@]2(C)CC3)CC1. The van der Waals surface area contributed by atoms with Crippen LogP contribution in [0.1, 0.15) is 135 Å². The van der Waals surface area contributed by atoms with Gasteiger partial charge >= 0.3 is 5.97 Å². The molecule has 6 heteroatoms.